The summed E-state index contributed by atoms with van der Waals surface area (Å²) in [6.45, 7) is 4.65. The van der Waals surface area contributed by atoms with Crippen molar-refractivity contribution in [2.24, 2.45) is 5.92 Å². The summed E-state index contributed by atoms with van der Waals surface area (Å²) in [6.07, 6.45) is 0. The molecule has 2 aromatic rings. The Hall–Kier alpha value is -0.660. The van der Waals surface area contributed by atoms with Gasteiger partial charge in [-0.15, -0.1) is 47.5 Å². The third-order valence-corrected chi connectivity index (χ3v) is 5.35. The zero-order chi connectivity index (χ0) is 13.2. The highest BCUT2D eigenvalue weighted by atomic mass is 35.5. The number of thiophene rings is 1. The number of thiazole rings is 1. The van der Waals surface area contributed by atoms with Crippen LogP contribution in [0.2, 0.25) is 0 Å². The van der Waals surface area contributed by atoms with E-state index < -0.39 is 0 Å². The molecule has 2 aromatic heterocycles. The van der Waals surface area contributed by atoms with Gasteiger partial charge in [-0.25, -0.2) is 4.98 Å². The predicted molar refractivity (Wildman–Crippen MR) is 93.4 cm³/mol. The molecule has 1 aliphatic rings. The summed E-state index contributed by atoms with van der Waals surface area (Å²) >= 11 is 3.12. The van der Waals surface area contributed by atoms with Crippen molar-refractivity contribution in [3.63, 3.8) is 0 Å². The van der Waals surface area contributed by atoms with E-state index in [0.29, 0.717) is 5.92 Å². The zero-order valence-electron chi connectivity index (χ0n) is 11.4. The minimum atomic E-state index is 0. The molecular formula is C13H17Cl2N3OS2. The van der Waals surface area contributed by atoms with Gasteiger partial charge in [0.05, 0.1) is 10.6 Å². The first-order valence-corrected chi connectivity index (χ1v) is 7.94. The molecule has 21 heavy (non-hydrogen) atoms. The van der Waals surface area contributed by atoms with Crippen LogP contribution in [0, 0.1) is 12.8 Å². The molecule has 1 amide bonds. The number of halogens is 2. The number of aromatic nitrogens is 1. The summed E-state index contributed by atoms with van der Waals surface area (Å²) in [5.74, 6) is 0.582. The molecule has 0 bridgehead atoms. The molecule has 2 N–H and O–H groups in total. The Kier molecular flexibility index (Phi) is 7.09. The average Bonchev–Trinajstić information content (AvgIpc) is 2.95. The van der Waals surface area contributed by atoms with E-state index in [-0.39, 0.29) is 30.7 Å². The van der Waals surface area contributed by atoms with Crippen molar-refractivity contribution in [1.29, 1.82) is 0 Å². The lowest BCUT2D eigenvalue weighted by molar-refractivity contribution is 0.0945. The van der Waals surface area contributed by atoms with E-state index in [1.807, 2.05) is 24.4 Å². The van der Waals surface area contributed by atoms with E-state index in [4.69, 9.17) is 0 Å². The topological polar surface area (TPSA) is 54.0 Å². The zero-order valence-corrected chi connectivity index (χ0v) is 14.7. The largest absolute Gasteiger partial charge is 0.351 e. The molecule has 3 heterocycles. The smallest absolute Gasteiger partial charge is 0.263 e. The summed E-state index contributed by atoms with van der Waals surface area (Å²) in [7, 11) is 0. The lowest BCUT2D eigenvalue weighted by Crippen LogP contribution is -2.48. The van der Waals surface area contributed by atoms with Gasteiger partial charge in [0.2, 0.25) is 0 Å². The van der Waals surface area contributed by atoms with Crippen LogP contribution >= 0.6 is 47.5 Å². The van der Waals surface area contributed by atoms with Crippen molar-refractivity contribution in [2.75, 3.05) is 19.6 Å². The summed E-state index contributed by atoms with van der Waals surface area (Å²) in [4.78, 5) is 18.5. The standard InChI is InChI=1S/C13H15N3OS2.2ClH/c1-8-11(12(17)15-7-9-5-14-6-9)19-13(16-8)10-3-2-4-18-10;;/h2-4,9,14H,5-7H2,1H3,(H,15,17);2*1H. The lowest BCUT2D eigenvalue weighted by atomic mass is 10.0. The molecule has 8 heteroatoms. The Morgan fingerprint density at radius 1 is 1.48 bits per heavy atom. The minimum Gasteiger partial charge on any atom is -0.351 e. The van der Waals surface area contributed by atoms with E-state index in [2.05, 4.69) is 15.6 Å². The monoisotopic (exact) mass is 365 g/mol. The lowest BCUT2D eigenvalue weighted by Gasteiger charge is -2.26. The molecule has 116 valence electrons. The molecule has 0 saturated carbocycles. The van der Waals surface area contributed by atoms with E-state index >= 15 is 0 Å². The van der Waals surface area contributed by atoms with Gasteiger partial charge in [-0.1, -0.05) is 6.07 Å². The van der Waals surface area contributed by atoms with Crippen molar-refractivity contribution in [3.8, 4) is 9.88 Å². The van der Waals surface area contributed by atoms with Crippen LogP contribution in [0.1, 0.15) is 15.4 Å². The van der Waals surface area contributed by atoms with Gasteiger partial charge >= 0.3 is 0 Å². The van der Waals surface area contributed by atoms with E-state index in [9.17, 15) is 4.79 Å². The number of aryl methyl sites for hydroxylation is 1. The molecule has 0 unspecified atom stereocenters. The molecular weight excluding hydrogens is 349 g/mol. The Balaban J connectivity index is 0.00000110. The second kappa shape index (κ2) is 8.10. The minimum absolute atomic E-state index is 0. The maximum Gasteiger partial charge on any atom is 0.263 e. The second-order valence-corrected chi connectivity index (χ2v) is 6.59. The Bertz CT molecular complexity index is 582. The van der Waals surface area contributed by atoms with Gasteiger partial charge in [0.1, 0.15) is 9.88 Å². The first-order valence-electron chi connectivity index (χ1n) is 6.24. The van der Waals surface area contributed by atoms with Crippen molar-refractivity contribution in [3.05, 3.63) is 28.1 Å². The number of hydrogen-bond acceptors (Lipinski definition) is 5. The molecule has 0 aliphatic carbocycles. The first-order chi connectivity index (χ1) is 9.24. The third-order valence-electron chi connectivity index (χ3n) is 3.15. The van der Waals surface area contributed by atoms with E-state index in [1.165, 1.54) is 11.3 Å². The van der Waals surface area contributed by atoms with E-state index in [1.54, 1.807) is 11.3 Å². The third kappa shape index (κ3) is 4.17. The number of carbonyl (C=O) groups excluding carboxylic acids is 1. The van der Waals surface area contributed by atoms with Crippen molar-refractivity contribution < 1.29 is 4.79 Å². The number of carbonyl (C=O) groups is 1. The summed E-state index contributed by atoms with van der Waals surface area (Å²) in [6, 6.07) is 4.03. The van der Waals surface area contributed by atoms with Crippen LogP contribution in [0.3, 0.4) is 0 Å². The normalized spacial score (nSPS) is 13.8. The fourth-order valence-corrected chi connectivity index (χ4v) is 3.70. The Morgan fingerprint density at radius 3 is 2.81 bits per heavy atom. The number of rotatable bonds is 4. The molecule has 0 atom stereocenters. The SMILES string of the molecule is Cc1nc(-c2cccs2)sc1C(=O)NCC1CNC1.Cl.Cl. The molecule has 1 aliphatic heterocycles. The van der Waals surface area contributed by atoms with Gasteiger partial charge in [0, 0.05) is 25.6 Å². The van der Waals surface area contributed by atoms with Gasteiger partial charge in [-0.2, -0.15) is 0 Å². The highest BCUT2D eigenvalue weighted by molar-refractivity contribution is 7.22. The van der Waals surface area contributed by atoms with Gasteiger partial charge in [-0.3, -0.25) is 4.79 Å². The quantitative estimate of drug-likeness (QED) is 0.875. The van der Waals surface area contributed by atoms with Crippen molar-refractivity contribution in [1.82, 2.24) is 15.6 Å². The van der Waals surface area contributed by atoms with Gasteiger partial charge in [0.15, 0.2) is 0 Å². The molecule has 0 aromatic carbocycles. The van der Waals surface area contributed by atoms with Crippen LogP contribution < -0.4 is 10.6 Å². The number of amides is 1. The second-order valence-electron chi connectivity index (χ2n) is 4.65. The Labute approximate surface area is 144 Å². The first kappa shape index (κ1) is 18.4. The van der Waals surface area contributed by atoms with Crippen molar-refractivity contribution in [2.45, 2.75) is 6.92 Å². The van der Waals surface area contributed by atoms with Crippen LogP contribution in [0.4, 0.5) is 0 Å². The van der Waals surface area contributed by atoms with Crippen LogP contribution in [0.25, 0.3) is 9.88 Å². The van der Waals surface area contributed by atoms with Crippen LogP contribution in [0.5, 0.6) is 0 Å². The Morgan fingerprint density at radius 2 is 2.24 bits per heavy atom. The highest BCUT2D eigenvalue weighted by Crippen LogP contribution is 2.30. The summed E-state index contributed by atoms with van der Waals surface area (Å²) < 4.78 is 0. The molecule has 1 saturated heterocycles. The number of hydrogen-bond donors (Lipinski definition) is 2. The predicted octanol–water partition coefficient (Wildman–Crippen LogP) is 2.97. The number of nitrogens with zero attached hydrogens (tertiary/aromatic N) is 1. The molecule has 0 spiro atoms. The maximum absolute atomic E-state index is 12.1. The number of nitrogens with one attached hydrogen (secondary N) is 2. The van der Waals surface area contributed by atoms with Gasteiger partial charge in [-0.05, 0) is 18.4 Å². The maximum atomic E-state index is 12.1. The molecule has 3 rings (SSSR count). The molecule has 1 fully saturated rings. The van der Waals surface area contributed by atoms with E-state index in [0.717, 1.165) is 40.1 Å². The van der Waals surface area contributed by atoms with Crippen LogP contribution in [-0.4, -0.2) is 30.5 Å². The highest BCUT2D eigenvalue weighted by Gasteiger charge is 2.20. The summed E-state index contributed by atoms with van der Waals surface area (Å²) in [5.41, 5.74) is 0.817. The summed E-state index contributed by atoms with van der Waals surface area (Å²) in [5, 5.41) is 9.15. The van der Waals surface area contributed by atoms with Crippen LogP contribution in [0.15, 0.2) is 17.5 Å². The van der Waals surface area contributed by atoms with Crippen molar-refractivity contribution >= 4 is 53.4 Å². The van der Waals surface area contributed by atoms with Crippen LogP contribution in [-0.2, 0) is 0 Å². The fraction of sp³-hybridized carbons (Fsp3) is 0.385. The molecule has 4 nitrogen and oxygen atoms in total. The average molecular weight is 366 g/mol. The fourth-order valence-electron chi connectivity index (χ4n) is 1.92. The van der Waals surface area contributed by atoms with Gasteiger partial charge < -0.3 is 10.6 Å². The van der Waals surface area contributed by atoms with Gasteiger partial charge in [0.25, 0.3) is 5.91 Å². The molecule has 0 radical (unpaired) electrons.